The summed E-state index contributed by atoms with van der Waals surface area (Å²) in [6.45, 7) is 6.24. The minimum Gasteiger partial charge on any atom is -0.444 e. The number of rotatable bonds is 4. The molecule has 1 amide bonds. The Morgan fingerprint density at radius 3 is 2.30 bits per heavy atom. The summed E-state index contributed by atoms with van der Waals surface area (Å²) in [6, 6.07) is 6.83. The van der Waals surface area contributed by atoms with Gasteiger partial charge in [-0.05, 0) is 57.4 Å². The first-order valence-electron chi connectivity index (χ1n) is 11.8. The van der Waals surface area contributed by atoms with Crippen molar-refractivity contribution in [2.75, 3.05) is 19.3 Å². The van der Waals surface area contributed by atoms with Crippen LogP contribution < -0.4 is 5.56 Å². The first-order chi connectivity index (χ1) is 17.3. The normalized spacial score (nSPS) is 15.1. The molecule has 3 heterocycles. The fourth-order valence-electron chi connectivity index (χ4n) is 4.47. The van der Waals surface area contributed by atoms with Crippen LogP contribution in [0.2, 0.25) is 0 Å². The molecule has 1 aromatic carbocycles. The second kappa shape index (κ2) is 9.73. The third kappa shape index (κ3) is 5.58. The van der Waals surface area contributed by atoms with Crippen LogP contribution in [0.5, 0.6) is 0 Å². The van der Waals surface area contributed by atoms with Crippen LogP contribution in [0.15, 0.2) is 46.5 Å². The molecule has 37 heavy (non-hydrogen) atoms. The lowest BCUT2D eigenvalue weighted by Crippen LogP contribution is -2.43. The number of aromatic nitrogens is 4. The van der Waals surface area contributed by atoms with Gasteiger partial charge in [-0.2, -0.15) is 0 Å². The van der Waals surface area contributed by atoms with E-state index in [4.69, 9.17) is 4.74 Å². The molecule has 0 spiro atoms. The van der Waals surface area contributed by atoms with Crippen LogP contribution in [0.25, 0.3) is 22.5 Å². The standard InChI is InChI=1S/C25H30FN5O5S/c1-25(2,3)36-24(33)30-14-11-18(12-15-30)31-22(32)20(16-6-8-17(26)9-7-16)21(29(31)4)19-10-13-27-23(28-19)37(5,34)35/h6-10,13,18H,11-12,14-15H2,1-5H3. The third-order valence-electron chi connectivity index (χ3n) is 6.11. The highest BCUT2D eigenvalue weighted by Gasteiger charge is 2.32. The maximum absolute atomic E-state index is 13.8. The highest BCUT2D eigenvalue weighted by molar-refractivity contribution is 7.90. The molecule has 2 aromatic heterocycles. The number of ether oxygens (including phenoxy) is 1. The first kappa shape index (κ1) is 26.5. The second-order valence-electron chi connectivity index (χ2n) is 10.1. The highest BCUT2D eigenvalue weighted by atomic mass is 32.2. The molecule has 0 atom stereocenters. The number of benzene rings is 1. The Bertz CT molecular complexity index is 1480. The number of halogens is 1. The van der Waals surface area contributed by atoms with Gasteiger partial charge in [0.1, 0.15) is 11.4 Å². The van der Waals surface area contributed by atoms with Gasteiger partial charge in [0.15, 0.2) is 0 Å². The van der Waals surface area contributed by atoms with Crippen LogP contribution >= 0.6 is 0 Å². The molecule has 1 aliphatic heterocycles. The van der Waals surface area contributed by atoms with Gasteiger partial charge >= 0.3 is 6.09 Å². The number of piperidine rings is 1. The molecule has 1 saturated heterocycles. The summed E-state index contributed by atoms with van der Waals surface area (Å²) in [5.41, 5.74) is 0.457. The van der Waals surface area contributed by atoms with Gasteiger partial charge < -0.3 is 9.64 Å². The largest absolute Gasteiger partial charge is 0.444 e. The lowest BCUT2D eigenvalue weighted by Gasteiger charge is -2.34. The van der Waals surface area contributed by atoms with E-state index in [-0.39, 0.29) is 28.0 Å². The van der Waals surface area contributed by atoms with Gasteiger partial charge in [-0.1, -0.05) is 12.1 Å². The van der Waals surface area contributed by atoms with Gasteiger partial charge in [-0.25, -0.2) is 32.3 Å². The summed E-state index contributed by atoms with van der Waals surface area (Å²) in [4.78, 5) is 36.0. The van der Waals surface area contributed by atoms with Crippen LogP contribution in [0.4, 0.5) is 9.18 Å². The van der Waals surface area contributed by atoms with Crippen LogP contribution in [0, 0.1) is 5.82 Å². The molecule has 10 nitrogen and oxygen atoms in total. The number of amides is 1. The van der Waals surface area contributed by atoms with E-state index in [1.807, 2.05) is 20.8 Å². The maximum Gasteiger partial charge on any atom is 0.410 e. The Labute approximate surface area is 214 Å². The van der Waals surface area contributed by atoms with Crippen molar-refractivity contribution < 1.29 is 22.3 Å². The Kier molecular flexibility index (Phi) is 6.97. The molecule has 198 valence electrons. The second-order valence-corrected chi connectivity index (χ2v) is 12.0. The SMILES string of the molecule is Cn1c(-c2ccnc(S(C)(=O)=O)n2)c(-c2ccc(F)cc2)c(=O)n1C1CCN(C(=O)OC(C)(C)C)CC1. The van der Waals surface area contributed by atoms with Gasteiger partial charge in [0.25, 0.3) is 5.56 Å². The van der Waals surface area contributed by atoms with Crippen LogP contribution in [0.1, 0.15) is 39.7 Å². The zero-order valence-corrected chi connectivity index (χ0v) is 22.2. The zero-order valence-electron chi connectivity index (χ0n) is 21.4. The Morgan fingerprint density at radius 2 is 1.73 bits per heavy atom. The fourth-order valence-corrected chi connectivity index (χ4v) is 4.99. The molecule has 0 aliphatic carbocycles. The molecule has 0 unspecified atom stereocenters. The molecule has 1 fully saturated rings. The van der Waals surface area contributed by atoms with Crippen molar-refractivity contribution in [3.05, 3.63) is 52.7 Å². The summed E-state index contributed by atoms with van der Waals surface area (Å²) < 4.78 is 46.6. The Morgan fingerprint density at radius 1 is 1.11 bits per heavy atom. The minimum atomic E-state index is -3.70. The van der Waals surface area contributed by atoms with E-state index in [1.165, 1.54) is 36.5 Å². The van der Waals surface area contributed by atoms with Gasteiger partial charge in [0.05, 0.1) is 23.0 Å². The highest BCUT2D eigenvalue weighted by Crippen LogP contribution is 2.32. The molecule has 12 heteroatoms. The molecule has 1 aliphatic rings. The monoisotopic (exact) mass is 531 g/mol. The van der Waals surface area contributed by atoms with Crippen molar-refractivity contribution >= 4 is 15.9 Å². The van der Waals surface area contributed by atoms with E-state index >= 15 is 0 Å². The average molecular weight is 532 g/mol. The van der Waals surface area contributed by atoms with E-state index in [2.05, 4.69) is 9.97 Å². The van der Waals surface area contributed by atoms with Crippen molar-refractivity contribution in [3.63, 3.8) is 0 Å². The molecular weight excluding hydrogens is 501 g/mol. The Hall–Kier alpha value is -3.54. The quantitative estimate of drug-likeness (QED) is 0.474. The summed E-state index contributed by atoms with van der Waals surface area (Å²) in [5.74, 6) is -0.447. The van der Waals surface area contributed by atoms with E-state index in [0.717, 1.165) is 6.26 Å². The predicted octanol–water partition coefficient (Wildman–Crippen LogP) is 3.43. The van der Waals surface area contributed by atoms with E-state index in [0.29, 0.717) is 37.2 Å². The number of hydrogen-bond acceptors (Lipinski definition) is 7. The number of carbonyl (C=O) groups excluding carboxylic acids is 1. The molecule has 3 aromatic rings. The predicted molar refractivity (Wildman–Crippen MR) is 135 cm³/mol. The van der Waals surface area contributed by atoms with Crippen LogP contribution in [-0.2, 0) is 21.6 Å². The van der Waals surface area contributed by atoms with Crippen LogP contribution in [-0.4, -0.2) is 63.7 Å². The van der Waals surface area contributed by atoms with Gasteiger partial charge in [-0.15, -0.1) is 0 Å². The van der Waals surface area contributed by atoms with Gasteiger partial charge in [-0.3, -0.25) is 9.48 Å². The summed E-state index contributed by atoms with van der Waals surface area (Å²) >= 11 is 0. The van der Waals surface area contributed by atoms with Crippen molar-refractivity contribution in [2.24, 2.45) is 7.05 Å². The average Bonchev–Trinajstić information content (AvgIpc) is 3.08. The van der Waals surface area contributed by atoms with Crippen molar-refractivity contribution in [1.82, 2.24) is 24.2 Å². The number of likely N-dealkylation sites (tertiary alicyclic amines) is 1. The van der Waals surface area contributed by atoms with E-state index < -0.39 is 27.3 Å². The van der Waals surface area contributed by atoms with Gasteiger partial charge in [0, 0.05) is 32.6 Å². The molecule has 0 bridgehead atoms. The zero-order chi connectivity index (χ0) is 27.1. The smallest absolute Gasteiger partial charge is 0.410 e. The lowest BCUT2D eigenvalue weighted by atomic mass is 10.0. The lowest BCUT2D eigenvalue weighted by molar-refractivity contribution is 0.0180. The van der Waals surface area contributed by atoms with Gasteiger partial charge in [0.2, 0.25) is 15.0 Å². The van der Waals surface area contributed by atoms with E-state index in [9.17, 15) is 22.4 Å². The minimum absolute atomic E-state index is 0.236. The van der Waals surface area contributed by atoms with Crippen LogP contribution in [0.3, 0.4) is 0 Å². The first-order valence-corrected chi connectivity index (χ1v) is 13.7. The molecular formula is C25H30FN5O5S. The number of nitrogens with zero attached hydrogens (tertiary/aromatic N) is 5. The number of carbonyl (C=O) groups is 1. The van der Waals surface area contributed by atoms with Crippen molar-refractivity contribution in [2.45, 2.75) is 50.4 Å². The fraction of sp³-hybridized carbons (Fsp3) is 0.440. The summed E-state index contributed by atoms with van der Waals surface area (Å²) in [5, 5.41) is -0.360. The molecule has 0 N–H and O–H groups in total. The molecule has 0 saturated carbocycles. The summed E-state index contributed by atoms with van der Waals surface area (Å²) in [6.07, 6.45) is 2.96. The number of hydrogen-bond donors (Lipinski definition) is 0. The number of sulfone groups is 1. The molecule has 4 rings (SSSR count). The van der Waals surface area contributed by atoms with Crippen molar-refractivity contribution in [1.29, 1.82) is 0 Å². The third-order valence-corrected chi connectivity index (χ3v) is 6.97. The Balaban J connectivity index is 1.78. The van der Waals surface area contributed by atoms with E-state index in [1.54, 1.807) is 21.3 Å². The maximum atomic E-state index is 13.8. The van der Waals surface area contributed by atoms with Crippen molar-refractivity contribution in [3.8, 4) is 22.5 Å². The summed E-state index contributed by atoms with van der Waals surface area (Å²) in [7, 11) is -2.00. The topological polar surface area (TPSA) is 116 Å². The molecule has 0 radical (unpaired) electrons.